The summed E-state index contributed by atoms with van der Waals surface area (Å²) >= 11 is 0. The van der Waals surface area contributed by atoms with Gasteiger partial charge < -0.3 is 5.32 Å². The van der Waals surface area contributed by atoms with Crippen molar-refractivity contribution in [1.82, 2.24) is 20.1 Å². The third-order valence-corrected chi connectivity index (χ3v) is 3.64. The van der Waals surface area contributed by atoms with Crippen LogP contribution < -0.4 is 5.32 Å². The van der Waals surface area contributed by atoms with Crippen molar-refractivity contribution in [2.75, 3.05) is 0 Å². The molecule has 4 heteroatoms. The molecule has 2 aromatic heterocycles. The van der Waals surface area contributed by atoms with Crippen LogP contribution in [-0.4, -0.2) is 20.3 Å². The van der Waals surface area contributed by atoms with Crippen LogP contribution in [0.2, 0.25) is 0 Å². The van der Waals surface area contributed by atoms with Crippen LogP contribution in [0, 0.1) is 13.8 Å². The zero-order valence-electron chi connectivity index (χ0n) is 14.0. The van der Waals surface area contributed by atoms with Crippen molar-refractivity contribution >= 4 is 0 Å². The van der Waals surface area contributed by atoms with Gasteiger partial charge in [0.2, 0.25) is 0 Å². The zero-order chi connectivity index (χ0) is 15.6. The highest BCUT2D eigenvalue weighted by Crippen LogP contribution is 2.18. The minimum atomic E-state index is 0.108. The molecule has 0 amide bonds. The van der Waals surface area contributed by atoms with E-state index in [1.165, 1.54) is 16.8 Å². The Balaban J connectivity index is 2.29. The quantitative estimate of drug-likeness (QED) is 0.937. The maximum atomic E-state index is 4.64. The van der Waals surface area contributed by atoms with Gasteiger partial charge in [0.1, 0.15) is 0 Å². The van der Waals surface area contributed by atoms with E-state index in [9.17, 15) is 0 Å². The van der Waals surface area contributed by atoms with Gasteiger partial charge in [0.25, 0.3) is 0 Å². The molecule has 2 rings (SSSR count). The molecule has 2 heterocycles. The van der Waals surface area contributed by atoms with E-state index in [2.05, 4.69) is 69.1 Å². The topological polar surface area (TPSA) is 42.7 Å². The van der Waals surface area contributed by atoms with Crippen LogP contribution in [0.3, 0.4) is 0 Å². The molecule has 4 nitrogen and oxygen atoms in total. The van der Waals surface area contributed by atoms with Gasteiger partial charge in [-0.25, -0.2) is 9.67 Å². The van der Waals surface area contributed by atoms with Gasteiger partial charge in [-0.2, -0.15) is 5.10 Å². The molecule has 0 aliphatic carbocycles. The molecule has 0 radical (unpaired) electrons. The molecule has 2 aromatic rings. The molecule has 0 atom stereocenters. The normalized spacial score (nSPS) is 11.9. The number of nitrogens with one attached hydrogen (secondary N) is 1. The fraction of sp³-hybridized carbons (Fsp3) is 0.529. The molecule has 0 saturated carbocycles. The van der Waals surface area contributed by atoms with Gasteiger partial charge in [0.05, 0.1) is 5.69 Å². The number of pyridine rings is 1. The highest BCUT2D eigenvalue weighted by atomic mass is 15.3. The Kier molecular flexibility index (Phi) is 4.47. The van der Waals surface area contributed by atoms with Gasteiger partial charge in [0.15, 0.2) is 5.82 Å². The van der Waals surface area contributed by atoms with Crippen LogP contribution >= 0.6 is 0 Å². The van der Waals surface area contributed by atoms with Crippen molar-refractivity contribution in [3.8, 4) is 5.82 Å². The van der Waals surface area contributed by atoms with Gasteiger partial charge in [0, 0.05) is 24.0 Å². The van der Waals surface area contributed by atoms with E-state index in [1.54, 1.807) is 0 Å². The molecule has 21 heavy (non-hydrogen) atoms. The Morgan fingerprint density at radius 3 is 2.52 bits per heavy atom. The minimum Gasteiger partial charge on any atom is -0.308 e. The molecule has 114 valence electrons. The lowest BCUT2D eigenvalue weighted by Crippen LogP contribution is -2.35. The number of hydrogen-bond donors (Lipinski definition) is 1. The SMILES string of the molecule is CCc1c(C)nn(-c2cc(CNC(C)(C)C)ccn2)c1C. The van der Waals surface area contributed by atoms with Gasteiger partial charge in [-0.05, 0) is 64.3 Å². The maximum absolute atomic E-state index is 4.64. The highest BCUT2D eigenvalue weighted by Gasteiger charge is 2.13. The Labute approximate surface area is 127 Å². The van der Waals surface area contributed by atoms with E-state index in [0.717, 1.165) is 24.5 Å². The first-order chi connectivity index (χ1) is 9.81. The Hall–Kier alpha value is -1.68. The third kappa shape index (κ3) is 3.70. The average molecular weight is 286 g/mol. The molecular formula is C17H26N4. The summed E-state index contributed by atoms with van der Waals surface area (Å²) in [6.07, 6.45) is 2.86. The zero-order valence-corrected chi connectivity index (χ0v) is 14.0. The first-order valence-electron chi connectivity index (χ1n) is 7.57. The standard InChI is InChI=1S/C17H26N4/c1-7-15-12(2)20-21(13(15)3)16-10-14(8-9-18-16)11-19-17(4,5)6/h8-10,19H,7,11H2,1-6H3. The van der Waals surface area contributed by atoms with Crippen LogP contribution in [0.15, 0.2) is 18.3 Å². The monoisotopic (exact) mass is 286 g/mol. The van der Waals surface area contributed by atoms with Crippen molar-refractivity contribution < 1.29 is 0 Å². The second-order valence-corrected chi connectivity index (χ2v) is 6.54. The van der Waals surface area contributed by atoms with Crippen LogP contribution in [0.25, 0.3) is 5.82 Å². The van der Waals surface area contributed by atoms with Crippen LogP contribution in [-0.2, 0) is 13.0 Å². The maximum Gasteiger partial charge on any atom is 0.153 e. The first kappa shape index (κ1) is 15.7. The molecule has 0 bridgehead atoms. The third-order valence-electron chi connectivity index (χ3n) is 3.64. The Morgan fingerprint density at radius 2 is 1.95 bits per heavy atom. The average Bonchev–Trinajstić information content (AvgIpc) is 2.71. The summed E-state index contributed by atoms with van der Waals surface area (Å²) in [5.41, 5.74) is 4.92. The largest absolute Gasteiger partial charge is 0.308 e. The molecule has 0 spiro atoms. The van der Waals surface area contributed by atoms with Crippen molar-refractivity contribution in [2.45, 2.75) is 60.0 Å². The molecule has 0 saturated heterocycles. The number of rotatable bonds is 4. The molecule has 0 unspecified atom stereocenters. The van der Waals surface area contributed by atoms with Crippen LogP contribution in [0.4, 0.5) is 0 Å². The van der Waals surface area contributed by atoms with Gasteiger partial charge in [-0.3, -0.25) is 0 Å². The molecule has 0 aliphatic rings. The Morgan fingerprint density at radius 1 is 1.24 bits per heavy atom. The fourth-order valence-electron chi connectivity index (χ4n) is 2.46. The van der Waals surface area contributed by atoms with Crippen LogP contribution in [0.1, 0.15) is 50.2 Å². The molecule has 0 fully saturated rings. The van der Waals surface area contributed by atoms with E-state index in [1.807, 2.05) is 10.9 Å². The fourth-order valence-corrected chi connectivity index (χ4v) is 2.46. The summed E-state index contributed by atoms with van der Waals surface area (Å²) in [5.74, 6) is 0.892. The number of aromatic nitrogens is 3. The van der Waals surface area contributed by atoms with E-state index in [0.29, 0.717) is 0 Å². The number of hydrogen-bond acceptors (Lipinski definition) is 3. The summed E-state index contributed by atoms with van der Waals surface area (Å²) in [6, 6.07) is 4.16. The lowest BCUT2D eigenvalue weighted by molar-refractivity contribution is 0.424. The predicted octanol–water partition coefficient (Wildman–Crippen LogP) is 3.33. The molecule has 0 aromatic carbocycles. The summed E-state index contributed by atoms with van der Waals surface area (Å²) in [4.78, 5) is 4.48. The minimum absolute atomic E-state index is 0.108. The summed E-state index contributed by atoms with van der Waals surface area (Å²) < 4.78 is 1.95. The van der Waals surface area contributed by atoms with Crippen LogP contribution in [0.5, 0.6) is 0 Å². The van der Waals surface area contributed by atoms with E-state index < -0.39 is 0 Å². The molecule has 0 aliphatic heterocycles. The van der Waals surface area contributed by atoms with Crippen molar-refractivity contribution in [2.24, 2.45) is 0 Å². The van der Waals surface area contributed by atoms with Crippen molar-refractivity contribution in [1.29, 1.82) is 0 Å². The smallest absolute Gasteiger partial charge is 0.153 e. The highest BCUT2D eigenvalue weighted by molar-refractivity contribution is 5.34. The van der Waals surface area contributed by atoms with Crippen molar-refractivity contribution in [3.63, 3.8) is 0 Å². The van der Waals surface area contributed by atoms with Gasteiger partial charge >= 0.3 is 0 Å². The number of aryl methyl sites for hydroxylation is 1. The summed E-state index contributed by atoms with van der Waals surface area (Å²) in [7, 11) is 0. The van der Waals surface area contributed by atoms with E-state index >= 15 is 0 Å². The van der Waals surface area contributed by atoms with E-state index in [-0.39, 0.29) is 5.54 Å². The predicted molar refractivity (Wildman–Crippen MR) is 86.8 cm³/mol. The van der Waals surface area contributed by atoms with Gasteiger partial charge in [-0.1, -0.05) is 6.92 Å². The van der Waals surface area contributed by atoms with Crippen molar-refractivity contribution in [3.05, 3.63) is 40.8 Å². The first-order valence-corrected chi connectivity index (χ1v) is 7.57. The Bertz CT molecular complexity index is 620. The number of nitrogens with zero attached hydrogens (tertiary/aromatic N) is 3. The second-order valence-electron chi connectivity index (χ2n) is 6.54. The second kappa shape index (κ2) is 5.98. The molecule has 1 N–H and O–H groups in total. The summed E-state index contributed by atoms with van der Waals surface area (Å²) in [6.45, 7) is 13.7. The molecular weight excluding hydrogens is 260 g/mol. The van der Waals surface area contributed by atoms with E-state index in [4.69, 9.17) is 0 Å². The lowest BCUT2D eigenvalue weighted by Gasteiger charge is -2.20. The van der Waals surface area contributed by atoms with Gasteiger partial charge in [-0.15, -0.1) is 0 Å². The lowest BCUT2D eigenvalue weighted by atomic mass is 10.1. The summed E-state index contributed by atoms with van der Waals surface area (Å²) in [5, 5.41) is 8.14.